The summed E-state index contributed by atoms with van der Waals surface area (Å²) >= 11 is 0. The second-order valence-corrected chi connectivity index (χ2v) is 1.34. The predicted molar refractivity (Wildman–Crippen MR) is 13.4 cm³/mol. The van der Waals surface area contributed by atoms with E-state index in [0.717, 1.165) is 0 Å². The molecular weight excluding hydrogens is 145 g/mol. The molecule has 0 saturated heterocycles. The summed E-state index contributed by atoms with van der Waals surface area (Å²) in [6.07, 6.45) is 0. The van der Waals surface area contributed by atoms with Crippen LogP contribution in [0.1, 0.15) is 0 Å². The summed E-state index contributed by atoms with van der Waals surface area (Å²) in [4.78, 5) is 25.6. The van der Waals surface area contributed by atoms with E-state index in [1.807, 2.05) is 0 Å². The third-order valence-electron chi connectivity index (χ3n) is 0. The summed E-state index contributed by atoms with van der Waals surface area (Å²) in [6, 6.07) is 0. The molecule has 0 spiro atoms. The molecule has 0 aromatic rings. The first-order chi connectivity index (χ1) is 2.00. The van der Waals surface area contributed by atoms with Crippen LogP contribution in [0.5, 0.6) is 0 Å². The van der Waals surface area contributed by atoms with E-state index in [2.05, 4.69) is 0 Å². The zero-order chi connectivity index (χ0) is 4.50. The molecule has 3 radical (unpaired) electrons. The Kier molecular flexibility index (Phi) is 13.1. The third-order valence-corrected chi connectivity index (χ3v) is 0. The van der Waals surface area contributed by atoms with E-state index in [1.54, 1.807) is 0 Å². The normalized spacial score (nSPS) is 8.43. The van der Waals surface area contributed by atoms with Crippen molar-refractivity contribution in [1.29, 1.82) is 0 Å². The van der Waals surface area contributed by atoms with E-state index in [4.69, 9.17) is 19.2 Å². The fourth-order valence-electron chi connectivity index (χ4n) is 0. The maximum atomic E-state index is 8.55. The molecule has 0 rings (SSSR count). The van der Waals surface area contributed by atoms with Gasteiger partial charge in [0.15, 0.2) is 0 Å². The predicted octanol–water partition coefficient (Wildman–Crippen LogP) is -6.20. The Hall–Kier alpha value is 1.64. The first-order valence-corrected chi connectivity index (χ1v) is 2.19. The minimum atomic E-state index is -5.39. The Bertz CT molecular complexity index is 57.8. The van der Waals surface area contributed by atoms with Crippen LogP contribution in [0.3, 0.4) is 0 Å². The van der Waals surface area contributed by atoms with Gasteiger partial charge in [-0.05, 0) is 0 Å². The summed E-state index contributed by atoms with van der Waals surface area (Å²) in [6.45, 7) is 0. The molecule has 0 bridgehead atoms. The third kappa shape index (κ3) is 90.2. The smallest absolute Gasteiger partial charge is 0.822 e. The van der Waals surface area contributed by atoms with Gasteiger partial charge in [-0.15, -0.1) is 0 Å². The van der Waals surface area contributed by atoms with E-state index >= 15 is 0 Å². The van der Waals surface area contributed by atoms with Crippen molar-refractivity contribution in [2.24, 2.45) is 0 Å². The van der Waals surface area contributed by atoms with Crippen LogP contribution in [-0.4, -0.2) is 17.4 Å². The van der Waals surface area contributed by atoms with E-state index in [-0.39, 0.29) is 46.9 Å². The number of hydrogen-bond donors (Lipinski definition) is 0. The standard InChI is InChI=1S/Al.Na.H3O4P/c;;1-5(2,3)4/h;;(H3,1,2,3,4)/q;+1;/p-3. The Morgan fingerprint density at radius 3 is 1.14 bits per heavy atom. The van der Waals surface area contributed by atoms with Gasteiger partial charge in [0.05, 0.1) is 0 Å². The fourth-order valence-corrected chi connectivity index (χ4v) is 0. The Morgan fingerprint density at radius 2 is 1.14 bits per heavy atom. The van der Waals surface area contributed by atoms with E-state index in [0.29, 0.717) is 0 Å². The van der Waals surface area contributed by atoms with Crippen molar-refractivity contribution in [3.8, 4) is 0 Å². The van der Waals surface area contributed by atoms with Crippen molar-refractivity contribution in [3.63, 3.8) is 0 Å². The molecule has 0 amide bonds. The van der Waals surface area contributed by atoms with Gasteiger partial charge in [0, 0.05) is 17.4 Å². The van der Waals surface area contributed by atoms with Crippen LogP contribution in [0.2, 0.25) is 0 Å². The maximum Gasteiger partial charge on any atom is 1.00 e. The van der Waals surface area contributed by atoms with Crippen LogP contribution < -0.4 is 44.2 Å². The molecule has 0 aromatic carbocycles. The first kappa shape index (κ1) is 15.9. The van der Waals surface area contributed by atoms with E-state index < -0.39 is 7.82 Å². The molecule has 7 heteroatoms. The summed E-state index contributed by atoms with van der Waals surface area (Å²) in [5.74, 6) is 0. The first-order valence-electron chi connectivity index (χ1n) is 0.730. The largest absolute Gasteiger partial charge is 1.00 e. The molecule has 0 aromatic heterocycles. The molecule has 0 aliphatic rings. The fraction of sp³-hybridized carbons (Fsp3) is 0. The van der Waals surface area contributed by atoms with Gasteiger partial charge < -0.3 is 19.2 Å². The van der Waals surface area contributed by atoms with Crippen molar-refractivity contribution >= 4 is 25.2 Å². The molecule has 0 atom stereocenters. The quantitative estimate of drug-likeness (QED) is 0.250. The van der Waals surface area contributed by atoms with Crippen LogP contribution in [0.15, 0.2) is 0 Å². The second kappa shape index (κ2) is 5.77. The molecule has 0 unspecified atom stereocenters. The van der Waals surface area contributed by atoms with E-state index in [9.17, 15) is 0 Å². The van der Waals surface area contributed by atoms with Crippen LogP contribution in [0.4, 0.5) is 0 Å². The Morgan fingerprint density at radius 1 is 1.14 bits per heavy atom. The molecule has 0 saturated carbocycles. The van der Waals surface area contributed by atoms with Gasteiger partial charge in [0.2, 0.25) is 0 Å². The molecular formula is AlNaO4P-2. The van der Waals surface area contributed by atoms with Gasteiger partial charge in [0.1, 0.15) is 0 Å². The second-order valence-electron chi connectivity index (χ2n) is 0.447. The topological polar surface area (TPSA) is 86.2 Å². The molecule has 0 fully saturated rings. The van der Waals surface area contributed by atoms with Crippen molar-refractivity contribution < 1.29 is 48.8 Å². The van der Waals surface area contributed by atoms with Gasteiger partial charge in [-0.2, -0.15) is 7.82 Å². The summed E-state index contributed by atoms with van der Waals surface area (Å²) in [7, 11) is -5.39. The number of phosphoric acid groups is 1. The van der Waals surface area contributed by atoms with Gasteiger partial charge in [0.25, 0.3) is 0 Å². The van der Waals surface area contributed by atoms with Gasteiger partial charge in [-0.1, -0.05) is 0 Å². The minimum Gasteiger partial charge on any atom is -0.822 e. The molecule has 0 N–H and O–H groups in total. The van der Waals surface area contributed by atoms with Crippen LogP contribution in [0.25, 0.3) is 0 Å². The molecule has 0 heterocycles. The van der Waals surface area contributed by atoms with Crippen molar-refractivity contribution in [2.75, 3.05) is 0 Å². The number of rotatable bonds is 0. The average molecular weight is 145 g/mol. The SMILES string of the molecule is O=P([O-])([O-])[O-].[Al].[Na+]. The number of hydrogen-bond acceptors (Lipinski definition) is 4. The van der Waals surface area contributed by atoms with Crippen molar-refractivity contribution in [2.45, 2.75) is 0 Å². The van der Waals surface area contributed by atoms with Gasteiger partial charge in [-0.3, -0.25) is 0 Å². The zero-order valence-electron chi connectivity index (χ0n) is 3.66. The molecule has 7 heavy (non-hydrogen) atoms. The van der Waals surface area contributed by atoms with Crippen LogP contribution in [-0.2, 0) is 4.57 Å². The Balaban J connectivity index is -0.0000000800. The summed E-state index contributed by atoms with van der Waals surface area (Å²) in [5, 5.41) is 0. The minimum absolute atomic E-state index is 0. The molecule has 0 aliphatic carbocycles. The van der Waals surface area contributed by atoms with E-state index in [1.165, 1.54) is 0 Å². The summed E-state index contributed by atoms with van der Waals surface area (Å²) in [5.41, 5.74) is 0. The molecule has 0 aliphatic heterocycles. The van der Waals surface area contributed by atoms with Crippen molar-refractivity contribution in [1.82, 2.24) is 0 Å². The Labute approximate surface area is 73.6 Å². The summed E-state index contributed by atoms with van der Waals surface area (Å²) < 4.78 is 8.55. The monoisotopic (exact) mass is 145 g/mol. The van der Waals surface area contributed by atoms with Crippen LogP contribution >= 0.6 is 7.82 Å². The van der Waals surface area contributed by atoms with Gasteiger partial charge in [-0.25, -0.2) is 0 Å². The molecule has 4 nitrogen and oxygen atoms in total. The molecule has 35 valence electrons. The van der Waals surface area contributed by atoms with Crippen LogP contribution in [0, 0.1) is 0 Å². The maximum absolute atomic E-state index is 8.55. The average Bonchev–Trinajstić information content (AvgIpc) is 0.722. The van der Waals surface area contributed by atoms with Crippen molar-refractivity contribution in [3.05, 3.63) is 0 Å². The zero-order valence-corrected chi connectivity index (χ0v) is 7.71. The van der Waals surface area contributed by atoms with Gasteiger partial charge >= 0.3 is 29.6 Å².